The molecule has 2 aromatic rings. The molecule has 0 radical (unpaired) electrons. The van der Waals surface area contributed by atoms with E-state index in [2.05, 4.69) is 33.1 Å². The van der Waals surface area contributed by atoms with E-state index in [0.29, 0.717) is 17.8 Å². The number of hydrogen-bond donors (Lipinski definition) is 4. The van der Waals surface area contributed by atoms with E-state index in [9.17, 15) is 0 Å². The van der Waals surface area contributed by atoms with Crippen molar-refractivity contribution in [3.05, 3.63) is 35.8 Å². The molecule has 0 amide bonds. The lowest BCUT2D eigenvalue weighted by Crippen LogP contribution is -2.51. The minimum absolute atomic E-state index is 0.360. The van der Waals surface area contributed by atoms with Gasteiger partial charge in [0.15, 0.2) is 11.5 Å². The summed E-state index contributed by atoms with van der Waals surface area (Å²) in [7, 11) is 0. The number of nitrogens with two attached hydrogens (primary N) is 1. The molecule has 0 spiro atoms. The van der Waals surface area contributed by atoms with E-state index in [1.54, 1.807) is 0 Å². The van der Waals surface area contributed by atoms with Gasteiger partial charge in [0.2, 0.25) is 5.96 Å². The molecule has 3 heterocycles. The second-order valence-electron chi connectivity index (χ2n) is 7.96. The number of hydrogen-bond acceptors (Lipinski definition) is 5. The summed E-state index contributed by atoms with van der Waals surface area (Å²) in [5, 5.41) is 10.8. The van der Waals surface area contributed by atoms with Crippen LogP contribution in [0.3, 0.4) is 0 Å². The van der Waals surface area contributed by atoms with Crippen molar-refractivity contribution in [1.29, 1.82) is 0 Å². The molecule has 5 N–H and O–H groups in total. The Bertz CT molecular complexity index is 807. The van der Waals surface area contributed by atoms with Crippen molar-refractivity contribution in [2.24, 2.45) is 16.6 Å². The smallest absolute Gasteiger partial charge is 0.218 e. The Labute approximate surface area is 153 Å². The number of guanidine groups is 1. The van der Waals surface area contributed by atoms with E-state index in [4.69, 9.17) is 10.7 Å². The number of H-pyrrole nitrogens is 1. The molecule has 7 nitrogen and oxygen atoms in total. The van der Waals surface area contributed by atoms with Crippen LogP contribution in [-0.2, 0) is 5.66 Å². The Morgan fingerprint density at radius 3 is 2.73 bits per heavy atom. The molecule has 3 aliphatic rings. The Balaban J connectivity index is 1.44. The predicted molar refractivity (Wildman–Crippen MR) is 102 cm³/mol. The van der Waals surface area contributed by atoms with E-state index in [1.807, 2.05) is 16.9 Å². The Kier molecular flexibility index (Phi) is 3.77. The van der Waals surface area contributed by atoms with Crippen molar-refractivity contribution in [1.82, 2.24) is 14.9 Å². The summed E-state index contributed by atoms with van der Waals surface area (Å²) >= 11 is 0. The maximum absolute atomic E-state index is 6.95. The van der Waals surface area contributed by atoms with Gasteiger partial charge in [-0.2, -0.15) is 5.10 Å². The van der Waals surface area contributed by atoms with E-state index in [1.165, 1.54) is 44.2 Å². The Morgan fingerprint density at radius 1 is 1.15 bits per heavy atom. The zero-order chi connectivity index (χ0) is 17.6. The van der Waals surface area contributed by atoms with Crippen LogP contribution in [-0.4, -0.2) is 20.8 Å². The highest BCUT2D eigenvalue weighted by Crippen LogP contribution is 2.40. The third-order valence-electron chi connectivity index (χ3n) is 6.02. The summed E-state index contributed by atoms with van der Waals surface area (Å²) in [6.45, 7) is 0. The molecule has 2 aromatic heterocycles. The number of anilines is 1. The van der Waals surface area contributed by atoms with Crippen molar-refractivity contribution >= 4 is 11.8 Å². The quantitative estimate of drug-likeness (QED) is 0.637. The van der Waals surface area contributed by atoms with Crippen LogP contribution < -0.4 is 16.5 Å². The van der Waals surface area contributed by atoms with Crippen molar-refractivity contribution in [3.8, 4) is 0 Å². The third-order valence-corrected chi connectivity index (χ3v) is 6.02. The fourth-order valence-corrected chi connectivity index (χ4v) is 4.39. The van der Waals surface area contributed by atoms with Crippen LogP contribution in [0.2, 0.25) is 0 Å². The van der Waals surface area contributed by atoms with Gasteiger partial charge in [-0.3, -0.25) is 15.2 Å². The number of aromatic nitrogens is 3. The monoisotopic (exact) mass is 353 g/mol. The van der Waals surface area contributed by atoms with Crippen LogP contribution in [0.4, 0.5) is 5.82 Å². The van der Waals surface area contributed by atoms with Gasteiger partial charge < -0.3 is 11.1 Å². The first-order valence-electron chi connectivity index (χ1n) is 9.88. The minimum Gasteiger partial charge on any atom is -0.308 e. The normalized spacial score (nSPS) is 26.6. The van der Waals surface area contributed by atoms with Crippen LogP contribution in [0.5, 0.6) is 0 Å². The molecular formula is C19H27N7. The Hall–Kier alpha value is -2.28. The summed E-state index contributed by atoms with van der Waals surface area (Å²) in [4.78, 5) is 4.96. The van der Waals surface area contributed by atoms with Crippen molar-refractivity contribution in [2.45, 2.75) is 62.9 Å². The lowest BCUT2D eigenvalue weighted by Gasteiger charge is -2.38. The highest BCUT2D eigenvalue weighted by Gasteiger charge is 2.41. The molecule has 0 aromatic carbocycles. The molecule has 2 fully saturated rings. The van der Waals surface area contributed by atoms with Crippen LogP contribution in [0.1, 0.15) is 68.7 Å². The van der Waals surface area contributed by atoms with E-state index in [0.717, 1.165) is 24.4 Å². The lowest BCUT2D eigenvalue weighted by molar-refractivity contribution is 0.241. The number of aliphatic imine (C=N–C) groups is 1. The standard InChI is InChI=1S/C19H27N7/c20-19(14-6-3-1-2-4-7-14)16-8-5-11-26(16)25-18(22-19)21-17-12-15(23-24-17)13-9-10-13/h5,8,11-14H,1-4,6-7,9-10,20H2,(H3,21,22,23,24,25). The molecule has 1 aliphatic heterocycles. The second kappa shape index (κ2) is 6.16. The molecule has 138 valence electrons. The van der Waals surface area contributed by atoms with Gasteiger partial charge in [-0.05, 0) is 37.8 Å². The molecule has 7 heteroatoms. The van der Waals surface area contributed by atoms with Crippen molar-refractivity contribution in [3.63, 3.8) is 0 Å². The first-order chi connectivity index (χ1) is 12.7. The number of rotatable bonds is 3. The maximum Gasteiger partial charge on any atom is 0.218 e. The minimum atomic E-state index is -0.697. The van der Waals surface area contributed by atoms with Crippen LogP contribution in [0.25, 0.3) is 0 Å². The molecule has 5 rings (SSSR count). The largest absolute Gasteiger partial charge is 0.308 e. The number of nitrogens with zero attached hydrogens (tertiary/aromatic N) is 3. The molecular weight excluding hydrogens is 326 g/mol. The zero-order valence-electron chi connectivity index (χ0n) is 15.0. The predicted octanol–water partition coefficient (Wildman–Crippen LogP) is 3.20. The number of aromatic amines is 1. The summed E-state index contributed by atoms with van der Waals surface area (Å²) in [5.41, 5.74) is 11.8. The van der Waals surface area contributed by atoms with Gasteiger partial charge in [0.25, 0.3) is 0 Å². The van der Waals surface area contributed by atoms with E-state index in [-0.39, 0.29) is 0 Å². The molecule has 2 aliphatic carbocycles. The fraction of sp³-hybridized carbons (Fsp3) is 0.579. The van der Waals surface area contributed by atoms with Gasteiger partial charge in [0.05, 0.1) is 5.69 Å². The topological polar surface area (TPSA) is 96.0 Å². The lowest BCUT2D eigenvalue weighted by atomic mass is 9.84. The van der Waals surface area contributed by atoms with Gasteiger partial charge >= 0.3 is 0 Å². The second-order valence-corrected chi connectivity index (χ2v) is 7.96. The Morgan fingerprint density at radius 2 is 1.96 bits per heavy atom. The maximum atomic E-state index is 6.95. The van der Waals surface area contributed by atoms with Gasteiger partial charge in [-0.1, -0.05) is 25.7 Å². The van der Waals surface area contributed by atoms with Gasteiger partial charge in [0.1, 0.15) is 0 Å². The molecule has 1 unspecified atom stereocenters. The third kappa shape index (κ3) is 2.80. The first kappa shape index (κ1) is 15.9. The number of fused-ring (bicyclic) bond motifs is 1. The highest BCUT2D eigenvalue weighted by atomic mass is 15.5. The van der Waals surface area contributed by atoms with Gasteiger partial charge in [-0.25, -0.2) is 4.99 Å². The number of nitrogens with one attached hydrogen (secondary N) is 3. The van der Waals surface area contributed by atoms with Crippen LogP contribution in [0, 0.1) is 5.92 Å². The average Bonchev–Trinajstić information content (AvgIpc) is 3.29. The summed E-state index contributed by atoms with van der Waals surface area (Å²) in [6.07, 6.45) is 11.8. The SMILES string of the molecule is NC1(C2CCCCCC2)N=C(Nc2cc(C3CC3)[nH]n2)Nn2cccc21. The van der Waals surface area contributed by atoms with Crippen molar-refractivity contribution < 1.29 is 0 Å². The van der Waals surface area contributed by atoms with E-state index < -0.39 is 5.66 Å². The molecule has 0 bridgehead atoms. The summed E-state index contributed by atoms with van der Waals surface area (Å²) in [6, 6.07) is 6.19. The fourth-order valence-electron chi connectivity index (χ4n) is 4.39. The average molecular weight is 353 g/mol. The molecule has 0 saturated heterocycles. The van der Waals surface area contributed by atoms with Crippen LogP contribution in [0.15, 0.2) is 29.4 Å². The van der Waals surface area contributed by atoms with Gasteiger partial charge in [0, 0.05) is 29.8 Å². The molecule has 26 heavy (non-hydrogen) atoms. The summed E-state index contributed by atoms with van der Waals surface area (Å²) in [5.74, 6) is 2.46. The highest BCUT2D eigenvalue weighted by molar-refractivity contribution is 5.99. The molecule has 1 atom stereocenters. The first-order valence-corrected chi connectivity index (χ1v) is 9.88. The van der Waals surface area contributed by atoms with Crippen LogP contribution >= 0.6 is 0 Å². The van der Waals surface area contributed by atoms with E-state index >= 15 is 0 Å². The summed E-state index contributed by atoms with van der Waals surface area (Å²) < 4.78 is 1.99. The molecule has 2 saturated carbocycles. The zero-order valence-corrected chi connectivity index (χ0v) is 15.0. The van der Waals surface area contributed by atoms with Gasteiger partial charge in [-0.15, -0.1) is 0 Å². The van der Waals surface area contributed by atoms with Crippen molar-refractivity contribution in [2.75, 3.05) is 10.7 Å².